The van der Waals surface area contributed by atoms with Crippen LogP contribution in [-0.4, -0.2) is 26.7 Å². The van der Waals surface area contributed by atoms with Crippen LogP contribution < -0.4 is 0 Å². The van der Waals surface area contributed by atoms with Gasteiger partial charge in [0.25, 0.3) is 5.91 Å². The van der Waals surface area contributed by atoms with Crippen LogP contribution in [0.1, 0.15) is 12.5 Å². The van der Waals surface area contributed by atoms with Crippen LogP contribution in [0.3, 0.4) is 0 Å². The molecule has 0 N–H and O–H groups in total. The molecule has 1 amide bonds. The minimum atomic E-state index is -0.00527. The zero-order chi connectivity index (χ0) is 11.5. The summed E-state index contributed by atoms with van der Waals surface area (Å²) in [5, 5.41) is 0. The fourth-order valence-electron chi connectivity index (χ4n) is 1.38. The lowest BCUT2D eigenvalue weighted by Gasteiger charge is -2.09. The van der Waals surface area contributed by atoms with Crippen molar-refractivity contribution in [1.29, 1.82) is 0 Å². The predicted octanol–water partition coefficient (Wildman–Crippen LogP) is 2.30. The quantitative estimate of drug-likeness (QED) is 0.595. The van der Waals surface area contributed by atoms with Gasteiger partial charge in [0.15, 0.2) is 0 Å². The molecule has 0 aliphatic carbocycles. The SMILES string of the molecule is CCN1C(=O)/C(=C\c2ccncc2)SC1=S. The highest BCUT2D eigenvalue weighted by atomic mass is 32.2. The van der Waals surface area contributed by atoms with Crippen LogP contribution >= 0.6 is 24.0 Å². The van der Waals surface area contributed by atoms with Gasteiger partial charge in [-0.15, -0.1) is 0 Å². The lowest BCUT2D eigenvalue weighted by atomic mass is 10.2. The second-order valence-corrected chi connectivity index (χ2v) is 4.88. The third kappa shape index (κ3) is 2.15. The van der Waals surface area contributed by atoms with Crippen molar-refractivity contribution < 1.29 is 4.79 Å². The van der Waals surface area contributed by atoms with Gasteiger partial charge in [-0.3, -0.25) is 14.7 Å². The Morgan fingerprint density at radius 1 is 1.50 bits per heavy atom. The van der Waals surface area contributed by atoms with Gasteiger partial charge in [-0.25, -0.2) is 0 Å². The summed E-state index contributed by atoms with van der Waals surface area (Å²) in [6.07, 6.45) is 5.25. The van der Waals surface area contributed by atoms with Crippen molar-refractivity contribution >= 4 is 40.3 Å². The van der Waals surface area contributed by atoms with Crippen LogP contribution in [0.15, 0.2) is 29.4 Å². The zero-order valence-corrected chi connectivity index (χ0v) is 10.3. The van der Waals surface area contributed by atoms with E-state index in [1.54, 1.807) is 17.3 Å². The smallest absolute Gasteiger partial charge is 0.266 e. The molecule has 0 unspecified atom stereocenters. The number of rotatable bonds is 2. The number of thioether (sulfide) groups is 1. The van der Waals surface area contributed by atoms with E-state index in [4.69, 9.17) is 12.2 Å². The zero-order valence-electron chi connectivity index (χ0n) is 8.71. The van der Waals surface area contributed by atoms with Gasteiger partial charge < -0.3 is 0 Å². The fourth-order valence-corrected chi connectivity index (χ4v) is 2.77. The molecule has 3 nitrogen and oxygen atoms in total. The molecule has 0 radical (unpaired) electrons. The number of carbonyl (C=O) groups excluding carboxylic acids is 1. The summed E-state index contributed by atoms with van der Waals surface area (Å²) in [5.74, 6) is -0.00527. The molecule has 0 saturated carbocycles. The Kier molecular flexibility index (Phi) is 3.36. The second kappa shape index (κ2) is 4.76. The monoisotopic (exact) mass is 250 g/mol. The van der Waals surface area contributed by atoms with Crippen LogP contribution in [-0.2, 0) is 4.79 Å². The third-order valence-electron chi connectivity index (χ3n) is 2.19. The highest BCUT2D eigenvalue weighted by molar-refractivity contribution is 8.26. The molecule has 0 spiro atoms. The number of thiocarbonyl (C=S) groups is 1. The lowest BCUT2D eigenvalue weighted by molar-refractivity contribution is -0.121. The van der Waals surface area contributed by atoms with Gasteiger partial charge in [0.05, 0.1) is 4.91 Å². The van der Waals surface area contributed by atoms with Crippen molar-refractivity contribution in [1.82, 2.24) is 9.88 Å². The van der Waals surface area contributed by atoms with E-state index in [0.29, 0.717) is 15.8 Å². The number of amides is 1. The Morgan fingerprint density at radius 3 is 2.75 bits per heavy atom. The van der Waals surface area contributed by atoms with Crippen molar-refractivity contribution in [2.24, 2.45) is 0 Å². The summed E-state index contributed by atoms with van der Waals surface area (Å²) in [6, 6.07) is 3.72. The Balaban J connectivity index is 2.27. The summed E-state index contributed by atoms with van der Waals surface area (Å²) in [5.41, 5.74) is 0.964. The van der Waals surface area contributed by atoms with Crippen LogP contribution in [0.4, 0.5) is 0 Å². The minimum absolute atomic E-state index is 0.00527. The number of carbonyl (C=O) groups is 1. The first kappa shape index (κ1) is 11.3. The first-order valence-corrected chi connectivity index (χ1v) is 6.10. The summed E-state index contributed by atoms with van der Waals surface area (Å²) in [6.45, 7) is 2.54. The lowest BCUT2D eigenvalue weighted by Crippen LogP contribution is -2.27. The van der Waals surface area contributed by atoms with Gasteiger partial charge in [-0.1, -0.05) is 24.0 Å². The van der Waals surface area contributed by atoms with Gasteiger partial charge in [-0.05, 0) is 30.7 Å². The summed E-state index contributed by atoms with van der Waals surface area (Å²) in [7, 11) is 0. The third-order valence-corrected chi connectivity index (χ3v) is 3.57. The molecule has 2 heterocycles. The molecule has 16 heavy (non-hydrogen) atoms. The number of aromatic nitrogens is 1. The van der Waals surface area contributed by atoms with E-state index in [1.807, 2.05) is 25.1 Å². The van der Waals surface area contributed by atoms with E-state index in [1.165, 1.54) is 11.8 Å². The van der Waals surface area contributed by atoms with Gasteiger partial charge in [0, 0.05) is 18.9 Å². The largest absolute Gasteiger partial charge is 0.293 e. The Labute approximate surface area is 104 Å². The molecule has 2 rings (SSSR count). The number of nitrogens with zero attached hydrogens (tertiary/aromatic N) is 2. The number of pyridine rings is 1. The molecule has 1 fully saturated rings. The molecule has 0 bridgehead atoms. The van der Waals surface area contributed by atoms with Crippen LogP contribution in [0, 0.1) is 0 Å². The van der Waals surface area contributed by atoms with Crippen LogP contribution in [0.2, 0.25) is 0 Å². The molecule has 1 aliphatic heterocycles. The first-order valence-electron chi connectivity index (χ1n) is 4.87. The molecule has 1 aromatic heterocycles. The maximum Gasteiger partial charge on any atom is 0.266 e. The normalized spacial score (nSPS) is 18.6. The minimum Gasteiger partial charge on any atom is -0.293 e. The van der Waals surface area contributed by atoms with Crippen molar-refractivity contribution in [3.05, 3.63) is 35.0 Å². The van der Waals surface area contributed by atoms with Gasteiger partial charge in [0.1, 0.15) is 4.32 Å². The molecular weight excluding hydrogens is 240 g/mol. The molecule has 82 valence electrons. The molecule has 1 saturated heterocycles. The summed E-state index contributed by atoms with van der Waals surface area (Å²) in [4.78, 5) is 18.1. The number of hydrogen-bond donors (Lipinski definition) is 0. The van der Waals surface area contributed by atoms with Gasteiger partial charge in [-0.2, -0.15) is 0 Å². The van der Waals surface area contributed by atoms with E-state index in [2.05, 4.69) is 4.98 Å². The van der Waals surface area contributed by atoms with Gasteiger partial charge in [0.2, 0.25) is 0 Å². The molecule has 5 heteroatoms. The second-order valence-electron chi connectivity index (χ2n) is 3.21. The van der Waals surface area contributed by atoms with Crippen molar-refractivity contribution in [2.75, 3.05) is 6.54 Å². The molecule has 0 aromatic carbocycles. The maximum absolute atomic E-state index is 11.9. The van der Waals surface area contributed by atoms with E-state index in [-0.39, 0.29) is 5.91 Å². The maximum atomic E-state index is 11.9. The van der Waals surface area contributed by atoms with E-state index >= 15 is 0 Å². The Bertz CT molecular complexity index is 456. The highest BCUT2D eigenvalue weighted by Gasteiger charge is 2.30. The van der Waals surface area contributed by atoms with Crippen LogP contribution in [0.5, 0.6) is 0 Å². The number of hydrogen-bond acceptors (Lipinski definition) is 4. The molecular formula is C11H10N2OS2. The highest BCUT2D eigenvalue weighted by Crippen LogP contribution is 2.31. The standard InChI is InChI=1S/C11H10N2OS2/c1-2-13-10(14)9(16-11(13)15)7-8-3-5-12-6-4-8/h3-7H,2H2,1H3/b9-7+. The topological polar surface area (TPSA) is 33.2 Å². The Morgan fingerprint density at radius 2 is 2.19 bits per heavy atom. The van der Waals surface area contributed by atoms with E-state index in [9.17, 15) is 4.79 Å². The predicted molar refractivity (Wildman–Crippen MR) is 69.8 cm³/mol. The Hall–Kier alpha value is -1.20. The van der Waals surface area contributed by atoms with Crippen molar-refractivity contribution in [2.45, 2.75) is 6.92 Å². The molecule has 1 aromatic rings. The van der Waals surface area contributed by atoms with Crippen molar-refractivity contribution in [3.63, 3.8) is 0 Å². The molecule has 0 atom stereocenters. The van der Waals surface area contributed by atoms with Gasteiger partial charge >= 0.3 is 0 Å². The summed E-state index contributed by atoms with van der Waals surface area (Å²) >= 11 is 6.47. The summed E-state index contributed by atoms with van der Waals surface area (Å²) < 4.78 is 0.632. The first-order chi connectivity index (χ1) is 7.72. The van der Waals surface area contributed by atoms with Crippen molar-refractivity contribution in [3.8, 4) is 0 Å². The fraction of sp³-hybridized carbons (Fsp3) is 0.182. The number of likely N-dealkylation sites (N-methyl/N-ethyl adjacent to an activating group) is 1. The molecule has 1 aliphatic rings. The average Bonchev–Trinajstić information content (AvgIpc) is 2.55. The van der Waals surface area contributed by atoms with E-state index < -0.39 is 0 Å². The van der Waals surface area contributed by atoms with E-state index in [0.717, 1.165) is 5.56 Å². The van der Waals surface area contributed by atoms with Crippen LogP contribution in [0.25, 0.3) is 6.08 Å². The average molecular weight is 250 g/mol.